The second-order valence-corrected chi connectivity index (χ2v) is 13.5. The molecule has 3 heteroatoms. The number of benzene rings is 5. The third-order valence-corrected chi connectivity index (χ3v) is 11.6. The second kappa shape index (κ2) is 10.3. The van der Waals surface area contributed by atoms with Gasteiger partial charge < -0.3 is 0 Å². The zero-order chi connectivity index (χ0) is 27.0. The van der Waals surface area contributed by atoms with Gasteiger partial charge in [0.25, 0.3) is 0 Å². The monoisotopic (exact) mass is 528 g/mol. The summed E-state index contributed by atoms with van der Waals surface area (Å²) < 4.78 is 5.36. The van der Waals surface area contributed by atoms with Crippen LogP contribution in [0.15, 0.2) is 126 Å². The fourth-order valence-corrected chi connectivity index (χ4v) is 9.72. The summed E-state index contributed by atoms with van der Waals surface area (Å²) in [6, 6.07) is 45.2. The molecule has 1 heterocycles. The Morgan fingerprint density at radius 3 is 1.41 bits per heavy atom. The summed E-state index contributed by atoms with van der Waals surface area (Å²) in [7, 11) is -1.78. The van der Waals surface area contributed by atoms with Crippen molar-refractivity contribution in [3.8, 4) is 0 Å². The highest BCUT2D eigenvalue weighted by atomic mass is 32.3. The Morgan fingerprint density at radius 1 is 0.513 bits per heavy atom. The van der Waals surface area contributed by atoms with Crippen molar-refractivity contribution in [1.82, 2.24) is 0 Å². The molecule has 1 aliphatic rings. The van der Waals surface area contributed by atoms with Gasteiger partial charge in [0.05, 0.1) is 22.7 Å². The maximum atomic E-state index is 2.68. The standard InChI is InChI=1S/C36H36N2S/c1-27-15-19-31(20-16-27)23-24-39(34-21-17-28(2)18-22-34)37(32-11-7-5-8-12-32)35-25-29(3)30(4)26-36(35)38(39)33-13-9-6-10-14-33/h5-22,25-26H,23-24H2,1-4H3. The normalized spacial score (nSPS) is 14.8. The highest BCUT2D eigenvalue weighted by Crippen LogP contribution is 2.75. The average Bonchev–Trinajstić information content (AvgIpc) is 3.24. The molecule has 0 bridgehead atoms. The largest absolute Gasteiger partial charge is 0.281 e. The van der Waals surface area contributed by atoms with Crippen molar-refractivity contribution in [2.24, 2.45) is 0 Å². The number of rotatable bonds is 6. The first-order valence-electron chi connectivity index (χ1n) is 13.7. The van der Waals surface area contributed by atoms with Crippen LogP contribution in [0.3, 0.4) is 0 Å². The summed E-state index contributed by atoms with van der Waals surface area (Å²) in [6.07, 6.45) is 0.988. The molecule has 2 nitrogen and oxygen atoms in total. The van der Waals surface area contributed by atoms with Gasteiger partial charge in [0, 0.05) is 10.6 Å². The van der Waals surface area contributed by atoms with Crippen molar-refractivity contribution in [2.45, 2.75) is 39.0 Å². The number of hydrogen-bond donors (Lipinski definition) is 0. The van der Waals surface area contributed by atoms with Gasteiger partial charge in [-0.2, -0.15) is 0 Å². The van der Waals surface area contributed by atoms with E-state index in [9.17, 15) is 0 Å². The van der Waals surface area contributed by atoms with Crippen molar-refractivity contribution in [1.29, 1.82) is 0 Å². The molecule has 0 atom stereocenters. The number of anilines is 4. The third-order valence-electron chi connectivity index (χ3n) is 7.81. The van der Waals surface area contributed by atoms with Gasteiger partial charge in [-0.25, -0.2) is 0 Å². The van der Waals surface area contributed by atoms with Crippen LogP contribution in [0.5, 0.6) is 0 Å². The molecule has 0 N–H and O–H groups in total. The minimum absolute atomic E-state index is 0.988. The Kier molecular flexibility index (Phi) is 6.70. The number of aryl methyl sites for hydroxylation is 5. The molecule has 0 amide bonds. The van der Waals surface area contributed by atoms with Crippen LogP contribution in [0.1, 0.15) is 27.8 Å². The first-order chi connectivity index (χ1) is 19.0. The molecule has 1 aliphatic heterocycles. The van der Waals surface area contributed by atoms with Gasteiger partial charge in [0.1, 0.15) is 0 Å². The molecule has 0 radical (unpaired) electrons. The topological polar surface area (TPSA) is 6.48 Å². The van der Waals surface area contributed by atoms with E-state index in [2.05, 4.69) is 158 Å². The molecule has 0 aromatic heterocycles. The van der Waals surface area contributed by atoms with Gasteiger partial charge in [-0.05, 0) is 99.3 Å². The lowest BCUT2D eigenvalue weighted by atomic mass is 10.1. The SMILES string of the molecule is Cc1ccc(CCS2(c3ccc(C)cc3)N(c3ccccc3)c3cc(C)c(C)cc3N2c2ccccc2)cc1. The van der Waals surface area contributed by atoms with E-state index in [1.54, 1.807) is 0 Å². The minimum atomic E-state index is -1.78. The van der Waals surface area contributed by atoms with E-state index in [-0.39, 0.29) is 0 Å². The molecule has 6 rings (SSSR count). The van der Waals surface area contributed by atoms with Crippen molar-refractivity contribution >= 4 is 33.1 Å². The Morgan fingerprint density at radius 2 is 0.949 bits per heavy atom. The van der Waals surface area contributed by atoms with Crippen molar-refractivity contribution in [3.63, 3.8) is 0 Å². The summed E-state index contributed by atoms with van der Waals surface area (Å²) >= 11 is 0. The van der Waals surface area contributed by atoms with Crippen LogP contribution in [0.25, 0.3) is 0 Å². The zero-order valence-electron chi connectivity index (χ0n) is 23.3. The number of nitrogens with zero attached hydrogens (tertiary/aromatic N) is 2. The maximum Gasteiger partial charge on any atom is 0.0777 e. The summed E-state index contributed by atoms with van der Waals surface area (Å²) in [5.41, 5.74) is 11.6. The quantitative estimate of drug-likeness (QED) is 0.216. The Bertz CT molecular complexity index is 1500. The fourth-order valence-electron chi connectivity index (χ4n) is 5.55. The van der Waals surface area contributed by atoms with E-state index in [4.69, 9.17) is 0 Å². The number of para-hydroxylation sites is 2. The molecule has 0 spiro atoms. The summed E-state index contributed by atoms with van der Waals surface area (Å²) in [5.74, 6) is 0.996. The summed E-state index contributed by atoms with van der Waals surface area (Å²) in [4.78, 5) is 1.37. The zero-order valence-corrected chi connectivity index (χ0v) is 24.1. The average molecular weight is 529 g/mol. The molecular formula is C36H36N2S. The molecule has 5 aromatic carbocycles. The molecular weight excluding hydrogens is 492 g/mol. The van der Waals surface area contributed by atoms with Gasteiger partial charge in [0.15, 0.2) is 0 Å². The van der Waals surface area contributed by atoms with Crippen LogP contribution in [0.2, 0.25) is 0 Å². The Balaban J connectivity index is 1.67. The van der Waals surface area contributed by atoms with Crippen molar-refractivity contribution < 1.29 is 0 Å². The lowest BCUT2D eigenvalue weighted by Crippen LogP contribution is -2.32. The van der Waals surface area contributed by atoms with Crippen LogP contribution >= 0.6 is 10.4 Å². The predicted octanol–water partition coefficient (Wildman–Crippen LogP) is 10.1. The van der Waals surface area contributed by atoms with Gasteiger partial charge in [-0.3, -0.25) is 8.61 Å². The number of fused-ring (bicyclic) bond motifs is 1. The smallest absolute Gasteiger partial charge is 0.0777 e. The molecule has 39 heavy (non-hydrogen) atoms. The second-order valence-electron chi connectivity index (χ2n) is 10.6. The first kappa shape index (κ1) is 25.3. The Labute approximate surface area is 235 Å². The van der Waals surface area contributed by atoms with E-state index < -0.39 is 10.4 Å². The Hall–Kier alpha value is -3.95. The van der Waals surface area contributed by atoms with Crippen LogP contribution in [-0.4, -0.2) is 5.75 Å². The van der Waals surface area contributed by atoms with Gasteiger partial charge in [-0.1, -0.05) is 94.3 Å². The van der Waals surface area contributed by atoms with Gasteiger partial charge in [0.2, 0.25) is 0 Å². The minimum Gasteiger partial charge on any atom is -0.281 e. The molecule has 0 saturated carbocycles. The molecule has 0 unspecified atom stereocenters. The lowest BCUT2D eigenvalue weighted by Gasteiger charge is -2.51. The van der Waals surface area contributed by atoms with Gasteiger partial charge in [-0.15, -0.1) is 0 Å². The molecule has 196 valence electrons. The predicted molar refractivity (Wildman–Crippen MR) is 170 cm³/mol. The molecule has 5 aromatic rings. The van der Waals surface area contributed by atoms with E-state index in [1.807, 2.05) is 0 Å². The van der Waals surface area contributed by atoms with E-state index in [1.165, 1.54) is 55.5 Å². The lowest BCUT2D eigenvalue weighted by molar-refractivity contribution is 1.12. The van der Waals surface area contributed by atoms with Crippen LogP contribution < -0.4 is 8.61 Å². The highest BCUT2D eigenvalue weighted by Gasteiger charge is 2.48. The molecule has 0 saturated heterocycles. The van der Waals surface area contributed by atoms with E-state index >= 15 is 0 Å². The van der Waals surface area contributed by atoms with Crippen LogP contribution in [0.4, 0.5) is 22.7 Å². The highest BCUT2D eigenvalue weighted by molar-refractivity contribution is 8.36. The van der Waals surface area contributed by atoms with Crippen LogP contribution in [-0.2, 0) is 6.42 Å². The molecule has 0 fully saturated rings. The fraction of sp³-hybridized carbons (Fsp3) is 0.167. The first-order valence-corrected chi connectivity index (χ1v) is 15.4. The van der Waals surface area contributed by atoms with E-state index in [0.29, 0.717) is 0 Å². The van der Waals surface area contributed by atoms with Gasteiger partial charge >= 0.3 is 0 Å². The summed E-state index contributed by atoms with van der Waals surface area (Å²) in [5, 5.41) is 0. The maximum absolute atomic E-state index is 2.68. The van der Waals surface area contributed by atoms with Crippen LogP contribution in [0, 0.1) is 27.7 Å². The van der Waals surface area contributed by atoms with Crippen molar-refractivity contribution in [2.75, 3.05) is 14.4 Å². The van der Waals surface area contributed by atoms with E-state index in [0.717, 1.165) is 12.2 Å². The third kappa shape index (κ3) is 4.51. The molecule has 0 aliphatic carbocycles. The number of hydrogen-bond acceptors (Lipinski definition) is 2. The summed E-state index contributed by atoms with van der Waals surface area (Å²) in [6.45, 7) is 8.81. The van der Waals surface area contributed by atoms with Crippen molar-refractivity contribution in [3.05, 3.63) is 149 Å².